The van der Waals surface area contributed by atoms with Crippen LogP contribution in [0.4, 0.5) is 0 Å². The fourth-order valence-electron chi connectivity index (χ4n) is 0.921. The van der Waals surface area contributed by atoms with Crippen LogP contribution in [0, 0.1) is 0 Å². The number of aldehydes is 1. The number of thiophene rings is 1. The van der Waals surface area contributed by atoms with E-state index in [1.165, 1.54) is 11.3 Å². The van der Waals surface area contributed by atoms with Crippen LogP contribution in [0.2, 0.25) is 0 Å². The fraction of sp³-hybridized carbons (Fsp3) is 0.444. The molecule has 3 nitrogen and oxygen atoms in total. The van der Waals surface area contributed by atoms with Gasteiger partial charge in [-0.3, -0.25) is 4.79 Å². The van der Waals surface area contributed by atoms with E-state index in [1.807, 2.05) is 13.8 Å². The Labute approximate surface area is 81.3 Å². The van der Waals surface area contributed by atoms with Gasteiger partial charge < -0.3 is 9.47 Å². The van der Waals surface area contributed by atoms with Gasteiger partial charge in [0.15, 0.2) is 12.0 Å². The van der Waals surface area contributed by atoms with Crippen LogP contribution >= 0.6 is 11.3 Å². The van der Waals surface area contributed by atoms with Gasteiger partial charge in [0.1, 0.15) is 0 Å². The second-order valence-electron chi connectivity index (χ2n) is 2.28. The van der Waals surface area contributed by atoms with E-state index in [-0.39, 0.29) is 0 Å². The summed E-state index contributed by atoms with van der Waals surface area (Å²) in [5.41, 5.74) is 0. The average molecular weight is 200 g/mol. The monoisotopic (exact) mass is 200 g/mol. The molecule has 1 rings (SSSR count). The summed E-state index contributed by atoms with van der Waals surface area (Å²) in [5, 5.41) is 0.687. The zero-order valence-corrected chi connectivity index (χ0v) is 8.52. The van der Waals surface area contributed by atoms with Crippen molar-refractivity contribution in [2.45, 2.75) is 13.8 Å². The van der Waals surface area contributed by atoms with Gasteiger partial charge in [0, 0.05) is 6.07 Å². The number of carbonyl (C=O) groups excluding carboxylic acids is 1. The molecule has 0 spiro atoms. The predicted molar refractivity (Wildman–Crippen MR) is 52.0 cm³/mol. The van der Waals surface area contributed by atoms with Gasteiger partial charge in [0.25, 0.3) is 0 Å². The lowest BCUT2D eigenvalue weighted by Crippen LogP contribution is -1.94. The highest BCUT2D eigenvalue weighted by molar-refractivity contribution is 7.15. The number of ether oxygens (including phenoxy) is 2. The summed E-state index contributed by atoms with van der Waals surface area (Å²) < 4.78 is 10.6. The van der Waals surface area contributed by atoms with E-state index in [1.54, 1.807) is 6.07 Å². The topological polar surface area (TPSA) is 35.5 Å². The van der Waals surface area contributed by atoms with Crippen molar-refractivity contribution in [3.8, 4) is 10.8 Å². The molecule has 1 aromatic rings. The molecular weight excluding hydrogens is 188 g/mol. The van der Waals surface area contributed by atoms with Crippen LogP contribution in [0.25, 0.3) is 0 Å². The van der Waals surface area contributed by atoms with Crippen molar-refractivity contribution >= 4 is 17.6 Å². The van der Waals surface area contributed by atoms with E-state index >= 15 is 0 Å². The highest BCUT2D eigenvalue weighted by Crippen LogP contribution is 2.36. The van der Waals surface area contributed by atoms with Crippen LogP contribution in [0.15, 0.2) is 6.07 Å². The second kappa shape index (κ2) is 4.87. The molecule has 1 heterocycles. The maximum absolute atomic E-state index is 10.5. The zero-order valence-electron chi connectivity index (χ0n) is 7.70. The Hall–Kier alpha value is -1.03. The van der Waals surface area contributed by atoms with E-state index in [0.717, 1.165) is 6.29 Å². The first kappa shape index (κ1) is 10.1. The molecule has 0 aliphatic carbocycles. The highest BCUT2D eigenvalue weighted by Gasteiger charge is 2.09. The van der Waals surface area contributed by atoms with Gasteiger partial charge in [0.05, 0.1) is 18.1 Å². The maximum Gasteiger partial charge on any atom is 0.217 e. The van der Waals surface area contributed by atoms with Crippen LogP contribution < -0.4 is 9.47 Å². The third kappa shape index (κ3) is 2.45. The van der Waals surface area contributed by atoms with Crippen molar-refractivity contribution < 1.29 is 14.3 Å². The van der Waals surface area contributed by atoms with Crippen LogP contribution in [-0.2, 0) is 0 Å². The van der Waals surface area contributed by atoms with E-state index < -0.39 is 0 Å². The third-order valence-corrected chi connectivity index (χ3v) is 2.33. The minimum atomic E-state index is 0.578. The highest BCUT2D eigenvalue weighted by atomic mass is 32.1. The summed E-state index contributed by atoms with van der Waals surface area (Å²) in [7, 11) is 0. The van der Waals surface area contributed by atoms with Crippen molar-refractivity contribution in [1.82, 2.24) is 0 Å². The molecular formula is C9H12O3S. The van der Waals surface area contributed by atoms with Crippen molar-refractivity contribution in [3.05, 3.63) is 10.9 Å². The molecule has 72 valence electrons. The van der Waals surface area contributed by atoms with Crippen LogP contribution in [0.1, 0.15) is 23.5 Å². The summed E-state index contributed by atoms with van der Waals surface area (Å²) in [6.45, 7) is 4.96. The molecule has 0 saturated carbocycles. The molecule has 0 saturated heterocycles. The maximum atomic E-state index is 10.5. The number of carbonyl (C=O) groups is 1. The summed E-state index contributed by atoms with van der Waals surface area (Å²) >= 11 is 1.31. The average Bonchev–Trinajstić information content (AvgIpc) is 2.50. The minimum absolute atomic E-state index is 0.578. The van der Waals surface area contributed by atoms with Gasteiger partial charge in [-0.2, -0.15) is 0 Å². The minimum Gasteiger partial charge on any atom is -0.489 e. The first-order valence-corrected chi connectivity index (χ1v) is 4.98. The lowest BCUT2D eigenvalue weighted by molar-refractivity contribution is 0.112. The third-order valence-electron chi connectivity index (χ3n) is 1.38. The largest absolute Gasteiger partial charge is 0.489 e. The first-order chi connectivity index (χ1) is 6.31. The molecule has 0 unspecified atom stereocenters. The second-order valence-corrected chi connectivity index (χ2v) is 3.33. The Morgan fingerprint density at radius 3 is 2.62 bits per heavy atom. The van der Waals surface area contributed by atoms with E-state index in [2.05, 4.69) is 0 Å². The Morgan fingerprint density at radius 2 is 2.08 bits per heavy atom. The van der Waals surface area contributed by atoms with Crippen molar-refractivity contribution in [2.75, 3.05) is 13.2 Å². The smallest absolute Gasteiger partial charge is 0.217 e. The molecule has 0 fully saturated rings. The molecule has 0 aliphatic rings. The van der Waals surface area contributed by atoms with Crippen molar-refractivity contribution in [1.29, 1.82) is 0 Å². The lowest BCUT2D eigenvalue weighted by atomic mass is 10.5. The summed E-state index contributed by atoms with van der Waals surface area (Å²) in [6.07, 6.45) is 0.801. The molecule has 0 amide bonds. The van der Waals surface area contributed by atoms with Gasteiger partial charge in [-0.05, 0) is 13.8 Å². The molecule has 1 aromatic heterocycles. The molecule has 0 N–H and O–H groups in total. The Balaban J connectivity index is 2.85. The quantitative estimate of drug-likeness (QED) is 0.684. The Morgan fingerprint density at radius 1 is 1.38 bits per heavy atom. The molecule has 0 atom stereocenters. The zero-order chi connectivity index (χ0) is 9.68. The number of hydrogen-bond donors (Lipinski definition) is 0. The van der Waals surface area contributed by atoms with E-state index in [9.17, 15) is 4.79 Å². The summed E-state index contributed by atoms with van der Waals surface area (Å²) in [4.78, 5) is 11.1. The molecule has 0 radical (unpaired) electrons. The number of hydrogen-bond acceptors (Lipinski definition) is 4. The van der Waals surface area contributed by atoms with Gasteiger partial charge >= 0.3 is 0 Å². The molecule has 0 bridgehead atoms. The van der Waals surface area contributed by atoms with Crippen LogP contribution in [-0.4, -0.2) is 19.5 Å². The van der Waals surface area contributed by atoms with E-state index in [4.69, 9.17) is 9.47 Å². The Kier molecular flexibility index (Phi) is 3.76. The van der Waals surface area contributed by atoms with Gasteiger partial charge in [-0.25, -0.2) is 0 Å². The molecule has 0 aromatic carbocycles. The number of rotatable bonds is 5. The van der Waals surface area contributed by atoms with Crippen molar-refractivity contribution in [2.24, 2.45) is 0 Å². The Bertz CT molecular complexity index is 257. The van der Waals surface area contributed by atoms with Gasteiger partial charge in [-0.1, -0.05) is 11.3 Å². The molecule has 0 aliphatic heterocycles. The predicted octanol–water partition coefficient (Wildman–Crippen LogP) is 2.36. The summed E-state index contributed by atoms with van der Waals surface area (Å²) in [6, 6.07) is 1.70. The SMILES string of the molecule is CCOc1cc(C=O)sc1OCC. The van der Waals surface area contributed by atoms with Crippen LogP contribution in [0.5, 0.6) is 10.8 Å². The molecule has 13 heavy (non-hydrogen) atoms. The first-order valence-electron chi connectivity index (χ1n) is 4.16. The van der Waals surface area contributed by atoms with Gasteiger partial charge in [-0.15, -0.1) is 0 Å². The van der Waals surface area contributed by atoms with Gasteiger partial charge in [0.2, 0.25) is 5.06 Å². The molecule has 4 heteroatoms. The fourth-order valence-corrected chi connectivity index (χ4v) is 1.74. The standard InChI is InChI=1S/C9H12O3S/c1-3-11-8-5-7(6-10)13-9(8)12-4-2/h5-6H,3-4H2,1-2H3. The van der Waals surface area contributed by atoms with E-state index in [0.29, 0.717) is 28.9 Å². The summed E-state index contributed by atoms with van der Waals surface area (Å²) in [5.74, 6) is 0.663. The normalized spacial score (nSPS) is 9.69. The van der Waals surface area contributed by atoms with Crippen LogP contribution in [0.3, 0.4) is 0 Å². The lowest BCUT2D eigenvalue weighted by Gasteiger charge is -2.03. The van der Waals surface area contributed by atoms with Crippen molar-refractivity contribution in [3.63, 3.8) is 0 Å².